The van der Waals surface area contributed by atoms with Crippen molar-refractivity contribution in [3.63, 3.8) is 0 Å². The maximum Gasteiger partial charge on any atom is 0.416 e. The number of carbonyl (C=O) groups excluding carboxylic acids is 1. The molecule has 132 valence electrons. The molecule has 0 saturated carbocycles. The van der Waals surface area contributed by atoms with Crippen LogP contribution in [0, 0.1) is 0 Å². The number of halogens is 3. The van der Waals surface area contributed by atoms with Crippen molar-refractivity contribution in [1.29, 1.82) is 0 Å². The van der Waals surface area contributed by atoms with Crippen molar-refractivity contribution in [2.75, 3.05) is 18.5 Å². The molecule has 0 bridgehead atoms. The first-order valence-electron chi connectivity index (χ1n) is 7.35. The number of ether oxygens (including phenoxy) is 2. The molecule has 25 heavy (non-hydrogen) atoms. The normalized spacial score (nSPS) is 10.8. The Morgan fingerprint density at radius 1 is 1.12 bits per heavy atom. The van der Waals surface area contributed by atoms with E-state index in [2.05, 4.69) is 11.9 Å². The molecule has 2 rings (SSSR count). The number of hydrogen-bond acceptors (Lipinski definition) is 4. The van der Waals surface area contributed by atoms with Crippen LogP contribution in [0.15, 0.2) is 61.4 Å². The van der Waals surface area contributed by atoms with Crippen LogP contribution in [0.25, 0.3) is 0 Å². The maximum absolute atomic E-state index is 12.8. The summed E-state index contributed by atoms with van der Waals surface area (Å²) in [7, 11) is 0. The highest BCUT2D eigenvalue weighted by Crippen LogP contribution is 2.31. The molecule has 2 aromatic carbocycles. The molecule has 0 aliphatic heterocycles. The topological polar surface area (TPSA) is 47.6 Å². The highest BCUT2D eigenvalue weighted by molar-refractivity contribution is 5.96. The number of anilines is 2. The van der Waals surface area contributed by atoms with E-state index in [0.717, 1.165) is 12.1 Å². The standard InChI is InChI=1S/C18H16F3NO3/c1-2-24-10-11-25-17(23)15-8-3-4-9-16(15)22-14-7-5-6-13(12-14)18(19,20)21/h2-9,12,22H,1,10-11H2. The van der Waals surface area contributed by atoms with Crippen molar-refractivity contribution < 1.29 is 27.4 Å². The Labute approximate surface area is 142 Å². The first kappa shape index (κ1) is 18.4. The van der Waals surface area contributed by atoms with E-state index in [9.17, 15) is 18.0 Å². The molecule has 0 fully saturated rings. The second-order valence-corrected chi connectivity index (χ2v) is 4.92. The number of carbonyl (C=O) groups is 1. The lowest BCUT2D eigenvalue weighted by atomic mass is 10.1. The van der Waals surface area contributed by atoms with Crippen molar-refractivity contribution in [2.45, 2.75) is 6.18 Å². The first-order valence-corrected chi connectivity index (χ1v) is 7.35. The van der Waals surface area contributed by atoms with E-state index in [1.165, 1.54) is 24.5 Å². The summed E-state index contributed by atoms with van der Waals surface area (Å²) in [6, 6.07) is 11.1. The fraction of sp³-hybridized carbons (Fsp3) is 0.167. The summed E-state index contributed by atoms with van der Waals surface area (Å²) < 4.78 is 48.3. The van der Waals surface area contributed by atoms with Crippen LogP contribution in [0.2, 0.25) is 0 Å². The quantitative estimate of drug-likeness (QED) is 0.444. The molecule has 0 spiro atoms. The predicted octanol–water partition coefficient (Wildman–Crippen LogP) is 4.77. The van der Waals surface area contributed by atoms with Crippen LogP contribution in [0.4, 0.5) is 24.5 Å². The Balaban J connectivity index is 2.15. The lowest BCUT2D eigenvalue weighted by Gasteiger charge is -2.13. The molecule has 0 unspecified atom stereocenters. The predicted molar refractivity (Wildman–Crippen MR) is 87.6 cm³/mol. The maximum atomic E-state index is 12.8. The van der Waals surface area contributed by atoms with Crippen molar-refractivity contribution in [3.8, 4) is 0 Å². The second kappa shape index (κ2) is 8.23. The van der Waals surface area contributed by atoms with Gasteiger partial charge >= 0.3 is 12.1 Å². The van der Waals surface area contributed by atoms with Crippen LogP contribution in [0.5, 0.6) is 0 Å². The number of para-hydroxylation sites is 1. The molecular formula is C18H16F3NO3. The highest BCUT2D eigenvalue weighted by Gasteiger charge is 2.30. The van der Waals surface area contributed by atoms with E-state index in [1.54, 1.807) is 18.2 Å². The van der Waals surface area contributed by atoms with Gasteiger partial charge in [0.2, 0.25) is 0 Å². The Morgan fingerprint density at radius 2 is 1.88 bits per heavy atom. The zero-order valence-corrected chi connectivity index (χ0v) is 13.2. The smallest absolute Gasteiger partial charge is 0.416 e. The van der Waals surface area contributed by atoms with Crippen LogP contribution >= 0.6 is 0 Å². The van der Waals surface area contributed by atoms with E-state index >= 15 is 0 Å². The molecule has 1 N–H and O–H groups in total. The molecule has 0 aliphatic rings. The lowest BCUT2D eigenvalue weighted by Crippen LogP contribution is -2.11. The Bertz CT molecular complexity index is 744. The fourth-order valence-corrected chi connectivity index (χ4v) is 2.04. The van der Waals surface area contributed by atoms with Crippen LogP contribution in [-0.2, 0) is 15.7 Å². The van der Waals surface area contributed by atoms with Crippen molar-refractivity contribution in [2.24, 2.45) is 0 Å². The van der Waals surface area contributed by atoms with E-state index < -0.39 is 17.7 Å². The summed E-state index contributed by atoms with van der Waals surface area (Å²) in [4.78, 5) is 12.1. The van der Waals surface area contributed by atoms with Gasteiger partial charge in [-0.1, -0.05) is 24.8 Å². The number of esters is 1. The zero-order valence-electron chi connectivity index (χ0n) is 13.2. The fourth-order valence-electron chi connectivity index (χ4n) is 2.04. The number of alkyl halides is 3. The van der Waals surface area contributed by atoms with Crippen LogP contribution in [0.3, 0.4) is 0 Å². The van der Waals surface area contributed by atoms with Gasteiger partial charge in [0.25, 0.3) is 0 Å². The van der Waals surface area contributed by atoms with Crippen LogP contribution < -0.4 is 5.32 Å². The molecule has 2 aromatic rings. The Kier molecular flexibility index (Phi) is 6.05. The van der Waals surface area contributed by atoms with Crippen LogP contribution in [0.1, 0.15) is 15.9 Å². The molecule has 0 amide bonds. The third-order valence-electron chi connectivity index (χ3n) is 3.17. The van der Waals surface area contributed by atoms with Crippen LogP contribution in [-0.4, -0.2) is 19.2 Å². The minimum absolute atomic E-state index is 0.0305. The SMILES string of the molecule is C=COCCOC(=O)c1ccccc1Nc1cccc(C(F)(F)F)c1. The minimum atomic E-state index is -4.44. The van der Waals surface area contributed by atoms with Gasteiger partial charge in [-0.2, -0.15) is 13.2 Å². The molecule has 4 nitrogen and oxygen atoms in total. The summed E-state index contributed by atoms with van der Waals surface area (Å²) in [6.07, 6.45) is -3.21. The average molecular weight is 351 g/mol. The van der Waals surface area contributed by atoms with Gasteiger partial charge < -0.3 is 14.8 Å². The summed E-state index contributed by atoms with van der Waals surface area (Å²) in [5.41, 5.74) is -0.0147. The molecule has 7 heteroatoms. The molecule has 0 atom stereocenters. The molecule has 0 aromatic heterocycles. The van der Waals surface area contributed by atoms with E-state index in [-0.39, 0.29) is 24.5 Å². The van der Waals surface area contributed by atoms with Gasteiger partial charge in [-0.15, -0.1) is 0 Å². The minimum Gasteiger partial charge on any atom is -0.498 e. The van der Waals surface area contributed by atoms with Gasteiger partial charge in [0.1, 0.15) is 13.2 Å². The molecule has 0 saturated heterocycles. The Morgan fingerprint density at radius 3 is 2.60 bits per heavy atom. The monoisotopic (exact) mass is 351 g/mol. The average Bonchev–Trinajstić information content (AvgIpc) is 2.58. The van der Waals surface area contributed by atoms with Gasteiger partial charge in [-0.25, -0.2) is 4.79 Å². The van der Waals surface area contributed by atoms with E-state index in [0.29, 0.717) is 5.69 Å². The highest BCUT2D eigenvalue weighted by atomic mass is 19.4. The van der Waals surface area contributed by atoms with Crippen molar-refractivity contribution in [1.82, 2.24) is 0 Å². The first-order chi connectivity index (χ1) is 11.9. The number of benzene rings is 2. The van der Waals surface area contributed by atoms with Crippen molar-refractivity contribution >= 4 is 17.3 Å². The molecule has 0 aliphatic carbocycles. The second-order valence-electron chi connectivity index (χ2n) is 4.92. The van der Waals surface area contributed by atoms with E-state index in [4.69, 9.17) is 9.47 Å². The van der Waals surface area contributed by atoms with Gasteiger partial charge in [-0.3, -0.25) is 0 Å². The molecular weight excluding hydrogens is 335 g/mol. The molecule has 0 radical (unpaired) electrons. The molecule has 0 heterocycles. The van der Waals surface area contributed by atoms with Gasteiger partial charge in [0.05, 0.1) is 23.1 Å². The summed E-state index contributed by atoms with van der Waals surface area (Å²) in [6.45, 7) is 3.56. The Hall–Kier alpha value is -2.96. The van der Waals surface area contributed by atoms with Gasteiger partial charge in [0.15, 0.2) is 0 Å². The third-order valence-corrected chi connectivity index (χ3v) is 3.17. The van der Waals surface area contributed by atoms with Crippen molar-refractivity contribution in [3.05, 3.63) is 72.5 Å². The van der Waals surface area contributed by atoms with Gasteiger partial charge in [-0.05, 0) is 30.3 Å². The number of nitrogens with one attached hydrogen (secondary N) is 1. The zero-order chi connectivity index (χ0) is 18.3. The summed E-state index contributed by atoms with van der Waals surface area (Å²) >= 11 is 0. The summed E-state index contributed by atoms with van der Waals surface area (Å²) in [5.74, 6) is -0.609. The number of hydrogen-bond donors (Lipinski definition) is 1. The van der Waals surface area contributed by atoms with E-state index in [1.807, 2.05) is 0 Å². The van der Waals surface area contributed by atoms with Gasteiger partial charge in [0, 0.05) is 5.69 Å². The lowest BCUT2D eigenvalue weighted by molar-refractivity contribution is -0.137. The summed E-state index contributed by atoms with van der Waals surface area (Å²) in [5, 5.41) is 2.82. The number of rotatable bonds is 7. The largest absolute Gasteiger partial charge is 0.498 e. The third kappa shape index (κ3) is 5.27.